The van der Waals surface area contributed by atoms with Gasteiger partial charge in [0.1, 0.15) is 0 Å². The van der Waals surface area contributed by atoms with Crippen LogP contribution in [0.2, 0.25) is 0 Å². The quantitative estimate of drug-likeness (QED) is 0.414. The maximum atomic E-state index is 11.9. The van der Waals surface area contributed by atoms with E-state index < -0.39 is 5.97 Å². The van der Waals surface area contributed by atoms with Crippen LogP contribution in [-0.2, 0) is 6.54 Å². The molecule has 3 aromatic rings. The molecule has 5 nitrogen and oxygen atoms in total. The second-order valence-corrected chi connectivity index (χ2v) is 11.1. The van der Waals surface area contributed by atoms with Crippen LogP contribution in [0.5, 0.6) is 0 Å². The first kappa shape index (κ1) is 23.7. The highest BCUT2D eigenvalue weighted by Crippen LogP contribution is 2.47. The number of likely N-dealkylation sites (tertiary alicyclic amines) is 1. The van der Waals surface area contributed by atoms with Gasteiger partial charge < -0.3 is 19.9 Å². The second-order valence-electron chi connectivity index (χ2n) is 11.1. The lowest BCUT2D eigenvalue weighted by molar-refractivity contribution is 0.0697. The van der Waals surface area contributed by atoms with Gasteiger partial charge in [0.25, 0.3) is 0 Å². The molecule has 2 N–H and O–H groups in total. The predicted octanol–water partition coefficient (Wildman–Crippen LogP) is 6.57. The van der Waals surface area contributed by atoms with Gasteiger partial charge >= 0.3 is 5.97 Å². The Hall–Kier alpha value is -2.63. The number of carbonyl (C=O) groups is 1. The zero-order chi connectivity index (χ0) is 24.5. The number of rotatable bonds is 6. The van der Waals surface area contributed by atoms with Crippen molar-refractivity contribution in [2.75, 3.05) is 26.2 Å². The van der Waals surface area contributed by atoms with E-state index in [1.807, 2.05) is 6.07 Å². The summed E-state index contributed by atoms with van der Waals surface area (Å²) in [5.74, 6) is -0.303. The van der Waals surface area contributed by atoms with Crippen LogP contribution in [0.25, 0.3) is 22.2 Å². The van der Waals surface area contributed by atoms with Gasteiger partial charge in [0.2, 0.25) is 0 Å². The number of aromatic nitrogens is 1. The van der Waals surface area contributed by atoms with E-state index in [0.717, 1.165) is 38.0 Å². The molecule has 1 atom stereocenters. The van der Waals surface area contributed by atoms with E-state index in [9.17, 15) is 9.90 Å². The maximum absolute atomic E-state index is 11.9. The van der Waals surface area contributed by atoms with Crippen molar-refractivity contribution in [1.29, 1.82) is 0 Å². The summed E-state index contributed by atoms with van der Waals surface area (Å²) in [6.07, 6.45) is 11.2. The maximum Gasteiger partial charge on any atom is 0.335 e. The summed E-state index contributed by atoms with van der Waals surface area (Å²) < 4.78 is 2.46. The number of nitrogens with one attached hydrogen (secondary N) is 1. The molecule has 1 saturated carbocycles. The zero-order valence-corrected chi connectivity index (χ0v) is 21.3. The highest BCUT2D eigenvalue weighted by atomic mass is 16.4. The van der Waals surface area contributed by atoms with E-state index in [2.05, 4.69) is 45.1 Å². The molecule has 2 fully saturated rings. The number of hydrogen-bond donors (Lipinski definition) is 2. The molecular formula is C31H39N3O2. The predicted molar refractivity (Wildman–Crippen MR) is 146 cm³/mol. The number of carboxylic acid groups (broad SMARTS) is 1. The topological polar surface area (TPSA) is 57.5 Å². The van der Waals surface area contributed by atoms with Gasteiger partial charge in [-0.05, 0) is 80.8 Å². The number of hydrogen-bond acceptors (Lipinski definition) is 3. The summed E-state index contributed by atoms with van der Waals surface area (Å²) >= 11 is 0. The number of aryl methyl sites for hydroxylation is 1. The molecule has 1 unspecified atom stereocenters. The molecule has 6 rings (SSSR count). The fourth-order valence-electron chi connectivity index (χ4n) is 7.08. The first-order valence-electron chi connectivity index (χ1n) is 14.1. The summed E-state index contributed by atoms with van der Waals surface area (Å²) in [6, 6.07) is 15.2. The minimum atomic E-state index is -0.847. The van der Waals surface area contributed by atoms with Crippen molar-refractivity contribution >= 4 is 16.9 Å². The van der Waals surface area contributed by atoms with Crippen LogP contribution in [0.15, 0.2) is 42.5 Å². The lowest BCUT2D eigenvalue weighted by atomic mass is 9.80. The first-order chi connectivity index (χ1) is 17.7. The minimum Gasteiger partial charge on any atom is -0.478 e. The van der Waals surface area contributed by atoms with Gasteiger partial charge in [0, 0.05) is 42.1 Å². The van der Waals surface area contributed by atoms with Crippen molar-refractivity contribution in [1.82, 2.24) is 14.8 Å². The Balaban J connectivity index is 1.45. The SMILES string of the molecule is O=C(O)c1ccc2c(C3CCCCC3)c3n(c2c1)CCCC(NCCN1CCCC1)c1ccccc1-3. The lowest BCUT2D eigenvalue weighted by Gasteiger charge is -2.29. The molecule has 0 bridgehead atoms. The normalized spacial score (nSPS) is 21.2. The molecule has 0 radical (unpaired) electrons. The average Bonchev–Trinajstić information content (AvgIpc) is 3.53. The molecular weight excluding hydrogens is 446 g/mol. The van der Waals surface area contributed by atoms with Crippen molar-refractivity contribution in [3.63, 3.8) is 0 Å². The lowest BCUT2D eigenvalue weighted by Crippen LogP contribution is -2.33. The Morgan fingerprint density at radius 2 is 1.72 bits per heavy atom. The van der Waals surface area contributed by atoms with E-state index >= 15 is 0 Å². The summed E-state index contributed by atoms with van der Waals surface area (Å²) in [5.41, 5.74) is 7.03. The molecule has 0 spiro atoms. The summed E-state index contributed by atoms with van der Waals surface area (Å²) in [7, 11) is 0. The molecule has 5 heteroatoms. The van der Waals surface area contributed by atoms with Crippen LogP contribution in [0.4, 0.5) is 0 Å². The number of nitrogens with zero attached hydrogens (tertiary/aromatic N) is 2. The highest BCUT2D eigenvalue weighted by molar-refractivity contribution is 5.98. The van der Waals surface area contributed by atoms with Gasteiger partial charge in [0.15, 0.2) is 0 Å². The molecule has 2 aromatic carbocycles. The van der Waals surface area contributed by atoms with E-state index in [-0.39, 0.29) is 0 Å². The van der Waals surface area contributed by atoms with Crippen LogP contribution < -0.4 is 5.32 Å². The van der Waals surface area contributed by atoms with Crippen LogP contribution in [0, 0.1) is 0 Å². The van der Waals surface area contributed by atoms with Gasteiger partial charge in [-0.25, -0.2) is 4.79 Å². The van der Waals surface area contributed by atoms with Crippen LogP contribution in [0.1, 0.15) is 91.2 Å². The van der Waals surface area contributed by atoms with Crippen LogP contribution in [-0.4, -0.2) is 46.7 Å². The molecule has 36 heavy (non-hydrogen) atoms. The fraction of sp³-hybridized carbons (Fsp3) is 0.516. The minimum absolute atomic E-state index is 0.351. The molecule has 2 aliphatic heterocycles. The van der Waals surface area contributed by atoms with Gasteiger partial charge in [-0.2, -0.15) is 0 Å². The second kappa shape index (κ2) is 10.4. The summed E-state index contributed by atoms with van der Waals surface area (Å²) in [6.45, 7) is 5.57. The van der Waals surface area contributed by atoms with E-state index in [0.29, 0.717) is 17.5 Å². The van der Waals surface area contributed by atoms with Crippen molar-refractivity contribution in [3.05, 3.63) is 59.2 Å². The van der Waals surface area contributed by atoms with E-state index in [1.54, 1.807) is 6.07 Å². The Bertz CT molecular complexity index is 1230. The first-order valence-corrected chi connectivity index (χ1v) is 14.1. The fourth-order valence-corrected chi connectivity index (χ4v) is 7.08. The average molecular weight is 486 g/mol. The third kappa shape index (κ3) is 4.48. The molecule has 1 aromatic heterocycles. The molecule has 3 aliphatic rings. The largest absolute Gasteiger partial charge is 0.478 e. The van der Waals surface area contributed by atoms with Gasteiger partial charge in [-0.3, -0.25) is 0 Å². The number of carboxylic acids is 1. The molecule has 1 saturated heterocycles. The Labute approximate surface area is 214 Å². The monoisotopic (exact) mass is 485 g/mol. The molecule has 1 aliphatic carbocycles. The highest BCUT2D eigenvalue weighted by Gasteiger charge is 2.30. The van der Waals surface area contributed by atoms with Crippen LogP contribution >= 0.6 is 0 Å². The Morgan fingerprint density at radius 3 is 2.53 bits per heavy atom. The number of benzene rings is 2. The molecule has 190 valence electrons. The van der Waals surface area contributed by atoms with Crippen molar-refractivity contribution in [2.24, 2.45) is 0 Å². The Kier molecular flexibility index (Phi) is 6.85. The molecule has 3 heterocycles. The smallest absolute Gasteiger partial charge is 0.335 e. The van der Waals surface area contributed by atoms with E-state index in [1.165, 1.54) is 85.8 Å². The van der Waals surface area contributed by atoms with Crippen molar-refractivity contribution < 1.29 is 9.90 Å². The standard InChI is InChI=1S/C31H39N3O2/c35-31(36)23-14-15-26-28(21-23)34-19-8-13-27(32-16-20-33-17-6-7-18-33)24-11-4-5-12-25(24)30(34)29(26)22-9-2-1-3-10-22/h4-5,11-12,14-15,21-22,27,32H,1-3,6-10,13,16-20H2,(H,35,36). The number of fused-ring (bicyclic) bond motifs is 5. The van der Waals surface area contributed by atoms with Gasteiger partial charge in [-0.15, -0.1) is 0 Å². The summed E-state index contributed by atoms with van der Waals surface area (Å²) in [4.78, 5) is 14.4. The third-order valence-corrected chi connectivity index (χ3v) is 8.85. The van der Waals surface area contributed by atoms with Gasteiger partial charge in [0.05, 0.1) is 11.3 Å². The Morgan fingerprint density at radius 1 is 0.917 bits per heavy atom. The van der Waals surface area contributed by atoms with Crippen molar-refractivity contribution in [2.45, 2.75) is 76.3 Å². The van der Waals surface area contributed by atoms with Crippen molar-refractivity contribution in [3.8, 4) is 11.3 Å². The third-order valence-electron chi connectivity index (χ3n) is 8.85. The van der Waals surface area contributed by atoms with Crippen LogP contribution in [0.3, 0.4) is 0 Å². The molecule has 0 amide bonds. The number of aromatic carboxylic acids is 1. The zero-order valence-electron chi connectivity index (χ0n) is 21.3. The van der Waals surface area contributed by atoms with Gasteiger partial charge in [-0.1, -0.05) is 49.6 Å². The van der Waals surface area contributed by atoms with E-state index in [4.69, 9.17) is 0 Å². The summed E-state index contributed by atoms with van der Waals surface area (Å²) in [5, 5.41) is 14.9.